The highest BCUT2D eigenvalue weighted by Gasteiger charge is 1.83. The largest absolute Gasteiger partial charge is 0.396 e. The Balaban J connectivity index is 2.53. The van der Waals surface area contributed by atoms with E-state index in [-0.39, 0.29) is 13.4 Å². The van der Waals surface area contributed by atoms with E-state index in [4.69, 9.17) is 10.2 Å². The molecule has 0 aromatic heterocycles. The first-order valence-electron chi connectivity index (χ1n) is 2.71. The molecule has 0 bridgehead atoms. The average Bonchev–Trinajstić information content (AvgIpc) is 1.81. The second-order valence-corrected chi connectivity index (χ2v) is 1.47. The standard InChI is InChI=1S/C5H12O3/c6-3-1-2-4-8-5-7/h6-7H,1-5H2. The number of unbranched alkanes of at least 4 members (excludes halogenated alkanes) is 1. The topological polar surface area (TPSA) is 49.7 Å². The molecule has 0 radical (unpaired) electrons. The molecule has 0 saturated carbocycles. The molecule has 0 aliphatic carbocycles. The monoisotopic (exact) mass is 120 g/mol. The van der Waals surface area contributed by atoms with Crippen molar-refractivity contribution in [3.8, 4) is 0 Å². The van der Waals surface area contributed by atoms with Crippen LogP contribution < -0.4 is 0 Å². The van der Waals surface area contributed by atoms with Crippen LogP contribution in [0.2, 0.25) is 0 Å². The van der Waals surface area contributed by atoms with Crippen LogP contribution in [-0.4, -0.2) is 30.2 Å². The van der Waals surface area contributed by atoms with Gasteiger partial charge in [0.1, 0.15) is 6.79 Å². The zero-order valence-electron chi connectivity index (χ0n) is 4.84. The Morgan fingerprint density at radius 1 is 1.12 bits per heavy atom. The highest BCUT2D eigenvalue weighted by Crippen LogP contribution is 1.86. The van der Waals surface area contributed by atoms with Gasteiger partial charge in [0, 0.05) is 13.2 Å². The number of aliphatic hydroxyl groups excluding tert-OH is 2. The van der Waals surface area contributed by atoms with Crippen LogP contribution in [0.25, 0.3) is 0 Å². The fourth-order valence-electron chi connectivity index (χ4n) is 0.380. The summed E-state index contributed by atoms with van der Waals surface area (Å²) in [7, 11) is 0. The van der Waals surface area contributed by atoms with Crippen molar-refractivity contribution in [1.82, 2.24) is 0 Å². The first-order valence-corrected chi connectivity index (χ1v) is 2.71. The minimum atomic E-state index is -0.217. The van der Waals surface area contributed by atoms with Crippen LogP contribution in [-0.2, 0) is 4.74 Å². The van der Waals surface area contributed by atoms with Crippen molar-refractivity contribution in [3.05, 3.63) is 0 Å². The molecule has 0 aliphatic heterocycles. The summed E-state index contributed by atoms with van der Waals surface area (Å²) < 4.78 is 4.58. The van der Waals surface area contributed by atoms with Gasteiger partial charge in [-0.2, -0.15) is 0 Å². The maximum Gasteiger partial charge on any atom is 0.143 e. The molecular weight excluding hydrogens is 108 g/mol. The van der Waals surface area contributed by atoms with Crippen molar-refractivity contribution in [2.24, 2.45) is 0 Å². The van der Waals surface area contributed by atoms with E-state index in [1.165, 1.54) is 0 Å². The molecular formula is C5H12O3. The van der Waals surface area contributed by atoms with E-state index < -0.39 is 0 Å². The molecule has 0 aliphatic rings. The molecule has 0 fully saturated rings. The number of ether oxygens (including phenoxy) is 1. The van der Waals surface area contributed by atoms with Gasteiger partial charge in [0.05, 0.1) is 0 Å². The van der Waals surface area contributed by atoms with Crippen molar-refractivity contribution in [3.63, 3.8) is 0 Å². The lowest BCUT2D eigenvalue weighted by Crippen LogP contribution is -1.96. The van der Waals surface area contributed by atoms with Gasteiger partial charge < -0.3 is 14.9 Å². The zero-order chi connectivity index (χ0) is 6.24. The highest BCUT2D eigenvalue weighted by molar-refractivity contribution is 4.33. The lowest BCUT2D eigenvalue weighted by molar-refractivity contribution is -0.00373. The SMILES string of the molecule is OCCCCOCO. The van der Waals surface area contributed by atoms with Crippen molar-refractivity contribution in [2.45, 2.75) is 12.8 Å². The van der Waals surface area contributed by atoms with Crippen LogP contribution >= 0.6 is 0 Å². The van der Waals surface area contributed by atoms with Crippen LogP contribution in [0.3, 0.4) is 0 Å². The Morgan fingerprint density at radius 2 is 1.88 bits per heavy atom. The summed E-state index contributed by atoms with van der Waals surface area (Å²) in [5.41, 5.74) is 0. The molecule has 0 aromatic carbocycles. The van der Waals surface area contributed by atoms with E-state index in [9.17, 15) is 0 Å². The van der Waals surface area contributed by atoms with Crippen molar-refractivity contribution >= 4 is 0 Å². The maximum absolute atomic E-state index is 8.25. The van der Waals surface area contributed by atoms with E-state index in [0.29, 0.717) is 6.61 Å². The molecule has 0 heterocycles. The summed E-state index contributed by atoms with van der Waals surface area (Å²) in [4.78, 5) is 0. The van der Waals surface area contributed by atoms with Crippen molar-refractivity contribution in [1.29, 1.82) is 0 Å². The first kappa shape index (κ1) is 7.88. The van der Waals surface area contributed by atoms with Crippen LogP contribution in [0.1, 0.15) is 12.8 Å². The number of hydrogen-bond donors (Lipinski definition) is 2. The summed E-state index contributed by atoms with van der Waals surface area (Å²) in [5, 5.41) is 16.3. The summed E-state index contributed by atoms with van der Waals surface area (Å²) >= 11 is 0. The molecule has 2 N–H and O–H groups in total. The lowest BCUT2D eigenvalue weighted by atomic mass is 10.3. The minimum absolute atomic E-state index is 0.203. The molecule has 3 nitrogen and oxygen atoms in total. The van der Waals surface area contributed by atoms with Gasteiger partial charge in [0.25, 0.3) is 0 Å². The van der Waals surface area contributed by atoms with Crippen LogP contribution in [0.4, 0.5) is 0 Å². The Morgan fingerprint density at radius 3 is 2.38 bits per heavy atom. The Hall–Kier alpha value is -0.120. The quantitative estimate of drug-likeness (QED) is 0.387. The maximum atomic E-state index is 8.25. The third kappa shape index (κ3) is 5.88. The summed E-state index contributed by atoms with van der Waals surface area (Å²) in [6, 6.07) is 0. The summed E-state index contributed by atoms with van der Waals surface area (Å²) in [6.07, 6.45) is 1.57. The molecule has 50 valence electrons. The second-order valence-electron chi connectivity index (χ2n) is 1.47. The van der Waals surface area contributed by atoms with Crippen LogP contribution in [0.5, 0.6) is 0 Å². The third-order valence-corrected chi connectivity index (χ3v) is 0.788. The summed E-state index contributed by atoms with van der Waals surface area (Å²) in [6.45, 7) is 0.525. The van der Waals surface area contributed by atoms with Gasteiger partial charge in [-0.25, -0.2) is 0 Å². The molecule has 0 aromatic rings. The normalized spacial score (nSPS) is 9.75. The van der Waals surface area contributed by atoms with Gasteiger partial charge in [-0.3, -0.25) is 0 Å². The Kier molecular flexibility index (Phi) is 6.78. The first-order chi connectivity index (χ1) is 3.91. The van der Waals surface area contributed by atoms with Gasteiger partial charge in [-0.05, 0) is 12.8 Å². The molecule has 8 heavy (non-hydrogen) atoms. The average molecular weight is 120 g/mol. The van der Waals surface area contributed by atoms with E-state index in [1.54, 1.807) is 0 Å². The molecule has 0 spiro atoms. The van der Waals surface area contributed by atoms with E-state index in [1.807, 2.05) is 0 Å². The van der Waals surface area contributed by atoms with E-state index in [2.05, 4.69) is 4.74 Å². The Bertz CT molecular complexity index is 32.7. The van der Waals surface area contributed by atoms with Gasteiger partial charge in [0.2, 0.25) is 0 Å². The smallest absolute Gasteiger partial charge is 0.143 e. The van der Waals surface area contributed by atoms with E-state index in [0.717, 1.165) is 12.8 Å². The number of rotatable bonds is 5. The summed E-state index contributed by atoms with van der Waals surface area (Å²) in [5.74, 6) is 0. The van der Waals surface area contributed by atoms with Gasteiger partial charge in [-0.1, -0.05) is 0 Å². The molecule has 0 rings (SSSR count). The van der Waals surface area contributed by atoms with E-state index >= 15 is 0 Å². The third-order valence-electron chi connectivity index (χ3n) is 0.788. The molecule has 3 heteroatoms. The van der Waals surface area contributed by atoms with Crippen molar-refractivity contribution in [2.75, 3.05) is 20.0 Å². The van der Waals surface area contributed by atoms with Crippen LogP contribution in [0.15, 0.2) is 0 Å². The molecule has 0 unspecified atom stereocenters. The molecule has 0 amide bonds. The zero-order valence-corrected chi connectivity index (χ0v) is 4.84. The lowest BCUT2D eigenvalue weighted by Gasteiger charge is -1.96. The predicted molar refractivity (Wildman–Crippen MR) is 29.4 cm³/mol. The number of aliphatic hydroxyl groups is 2. The van der Waals surface area contributed by atoms with Gasteiger partial charge >= 0.3 is 0 Å². The number of hydrogen-bond acceptors (Lipinski definition) is 3. The predicted octanol–water partition coefficient (Wildman–Crippen LogP) is -0.275. The highest BCUT2D eigenvalue weighted by atomic mass is 16.6. The fraction of sp³-hybridized carbons (Fsp3) is 1.00. The van der Waals surface area contributed by atoms with Crippen LogP contribution in [0, 0.1) is 0 Å². The Labute approximate surface area is 48.9 Å². The second kappa shape index (κ2) is 6.88. The molecule has 0 atom stereocenters. The minimum Gasteiger partial charge on any atom is -0.396 e. The fourth-order valence-corrected chi connectivity index (χ4v) is 0.380. The van der Waals surface area contributed by atoms with Crippen molar-refractivity contribution < 1.29 is 14.9 Å². The van der Waals surface area contributed by atoms with Gasteiger partial charge in [0.15, 0.2) is 0 Å². The molecule has 0 saturated heterocycles. The van der Waals surface area contributed by atoms with Gasteiger partial charge in [-0.15, -0.1) is 0 Å².